The van der Waals surface area contributed by atoms with E-state index < -0.39 is 0 Å². The lowest BCUT2D eigenvalue weighted by Crippen LogP contribution is -2.54. The van der Waals surface area contributed by atoms with Crippen LogP contribution in [0.1, 0.15) is 12.8 Å². The zero-order valence-electron chi connectivity index (χ0n) is 8.82. The van der Waals surface area contributed by atoms with Gasteiger partial charge in [-0.15, -0.1) is 0 Å². The van der Waals surface area contributed by atoms with Crippen LogP contribution in [-0.4, -0.2) is 61.9 Å². The molecule has 4 nitrogen and oxygen atoms in total. The standard InChI is InChI=1S/C10H20NO3/c1-11(4-2-9(12)3-5-11)8-10-13-6-7-14-10/h9-10,12H,2-8H2,1H3/q+1. The fourth-order valence-electron chi connectivity index (χ4n) is 2.23. The topological polar surface area (TPSA) is 38.7 Å². The first kappa shape index (κ1) is 10.4. The maximum atomic E-state index is 9.43. The van der Waals surface area contributed by atoms with E-state index in [4.69, 9.17) is 9.47 Å². The van der Waals surface area contributed by atoms with Crippen molar-refractivity contribution in [1.82, 2.24) is 0 Å². The Labute approximate surface area is 85.0 Å². The van der Waals surface area contributed by atoms with Crippen LogP contribution in [0, 0.1) is 0 Å². The highest BCUT2D eigenvalue weighted by Gasteiger charge is 2.33. The van der Waals surface area contributed by atoms with Gasteiger partial charge in [-0.2, -0.15) is 0 Å². The van der Waals surface area contributed by atoms with Crippen LogP contribution in [0.3, 0.4) is 0 Å². The monoisotopic (exact) mass is 202 g/mol. The Morgan fingerprint density at radius 1 is 1.21 bits per heavy atom. The van der Waals surface area contributed by atoms with Gasteiger partial charge in [0.25, 0.3) is 0 Å². The number of hydrogen-bond donors (Lipinski definition) is 1. The predicted molar refractivity (Wildman–Crippen MR) is 51.7 cm³/mol. The van der Waals surface area contributed by atoms with Gasteiger partial charge in [0.15, 0.2) is 0 Å². The van der Waals surface area contributed by atoms with Crippen molar-refractivity contribution in [2.24, 2.45) is 0 Å². The van der Waals surface area contributed by atoms with Crippen molar-refractivity contribution in [1.29, 1.82) is 0 Å². The maximum Gasteiger partial charge on any atom is 0.207 e. The average molecular weight is 202 g/mol. The number of likely N-dealkylation sites (N-methyl/N-ethyl adjacent to an activating group) is 1. The molecule has 0 amide bonds. The van der Waals surface area contributed by atoms with Gasteiger partial charge in [0, 0.05) is 12.8 Å². The summed E-state index contributed by atoms with van der Waals surface area (Å²) in [6, 6.07) is 0. The molecule has 2 fully saturated rings. The molecule has 0 bridgehead atoms. The molecule has 0 aliphatic carbocycles. The molecule has 0 radical (unpaired) electrons. The smallest absolute Gasteiger partial charge is 0.207 e. The SMILES string of the molecule is C[N+]1(CC2OCCO2)CCC(O)CC1. The van der Waals surface area contributed by atoms with Crippen molar-refractivity contribution in [2.45, 2.75) is 25.2 Å². The lowest BCUT2D eigenvalue weighted by atomic mass is 10.1. The van der Waals surface area contributed by atoms with Gasteiger partial charge in [0.1, 0.15) is 6.54 Å². The first-order valence-corrected chi connectivity index (χ1v) is 5.43. The van der Waals surface area contributed by atoms with Crippen LogP contribution in [0.2, 0.25) is 0 Å². The molecule has 2 aliphatic rings. The number of ether oxygens (including phenoxy) is 2. The number of nitrogens with zero attached hydrogens (tertiary/aromatic N) is 1. The van der Waals surface area contributed by atoms with Gasteiger partial charge in [-0.1, -0.05) is 0 Å². The fraction of sp³-hybridized carbons (Fsp3) is 1.00. The van der Waals surface area contributed by atoms with Crippen molar-refractivity contribution in [3.05, 3.63) is 0 Å². The summed E-state index contributed by atoms with van der Waals surface area (Å²) in [4.78, 5) is 0. The summed E-state index contributed by atoms with van der Waals surface area (Å²) in [5, 5.41) is 9.43. The molecule has 0 aromatic rings. The summed E-state index contributed by atoms with van der Waals surface area (Å²) < 4.78 is 11.9. The van der Waals surface area contributed by atoms with Gasteiger partial charge in [0.05, 0.1) is 39.5 Å². The van der Waals surface area contributed by atoms with E-state index in [0.29, 0.717) is 0 Å². The molecule has 4 heteroatoms. The van der Waals surface area contributed by atoms with E-state index in [1.54, 1.807) is 0 Å². The van der Waals surface area contributed by atoms with E-state index in [9.17, 15) is 5.11 Å². The molecular weight excluding hydrogens is 182 g/mol. The summed E-state index contributed by atoms with van der Waals surface area (Å²) in [6.07, 6.45) is 1.70. The van der Waals surface area contributed by atoms with E-state index in [-0.39, 0.29) is 12.4 Å². The lowest BCUT2D eigenvalue weighted by Gasteiger charge is -2.40. The summed E-state index contributed by atoms with van der Waals surface area (Å²) in [5.41, 5.74) is 0. The molecule has 0 spiro atoms. The molecule has 2 rings (SSSR count). The van der Waals surface area contributed by atoms with Crippen molar-refractivity contribution in [2.75, 3.05) is 39.9 Å². The van der Waals surface area contributed by atoms with Gasteiger partial charge in [0.2, 0.25) is 6.29 Å². The highest BCUT2D eigenvalue weighted by Crippen LogP contribution is 2.19. The zero-order valence-corrected chi connectivity index (χ0v) is 8.82. The Kier molecular flexibility index (Phi) is 3.07. The van der Waals surface area contributed by atoms with E-state index in [1.165, 1.54) is 0 Å². The first-order valence-electron chi connectivity index (χ1n) is 5.43. The van der Waals surface area contributed by atoms with Crippen LogP contribution in [0.15, 0.2) is 0 Å². The average Bonchev–Trinajstić information content (AvgIpc) is 2.63. The quantitative estimate of drug-likeness (QED) is 0.639. The molecule has 14 heavy (non-hydrogen) atoms. The van der Waals surface area contributed by atoms with Crippen molar-refractivity contribution in [3.63, 3.8) is 0 Å². The Morgan fingerprint density at radius 2 is 1.79 bits per heavy atom. The molecule has 0 aromatic carbocycles. The number of quaternary nitrogens is 1. The third kappa shape index (κ3) is 2.45. The fourth-order valence-corrected chi connectivity index (χ4v) is 2.23. The zero-order chi connectivity index (χ0) is 10.0. The normalized spacial score (nSPS) is 40.3. The lowest BCUT2D eigenvalue weighted by molar-refractivity contribution is -0.920. The van der Waals surface area contributed by atoms with Crippen molar-refractivity contribution >= 4 is 0 Å². The third-order valence-electron chi connectivity index (χ3n) is 3.28. The minimum atomic E-state index is -0.0911. The highest BCUT2D eigenvalue weighted by molar-refractivity contribution is 4.63. The van der Waals surface area contributed by atoms with Gasteiger partial charge < -0.3 is 19.1 Å². The summed E-state index contributed by atoms with van der Waals surface area (Å²) in [6.45, 7) is 4.45. The molecule has 1 N–H and O–H groups in total. The van der Waals surface area contributed by atoms with Crippen LogP contribution >= 0.6 is 0 Å². The largest absolute Gasteiger partial charge is 0.393 e. The van der Waals surface area contributed by atoms with Crippen LogP contribution < -0.4 is 0 Å². The first-order chi connectivity index (χ1) is 6.68. The number of hydrogen-bond acceptors (Lipinski definition) is 3. The maximum absolute atomic E-state index is 9.43. The van der Waals surface area contributed by atoms with Gasteiger partial charge in [-0.05, 0) is 0 Å². The second-order valence-corrected chi connectivity index (χ2v) is 4.65. The molecular formula is C10H20NO3+. The molecule has 2 aliphatic heterocycles. The number of rotatable bonds is 2. The Bertz CT molecular complexity index is 184. The second-order valence-electron chi connectivity index (χ2n) is 4.65. The van der Waals surface area contributed by atoms with Crippen molar-refractivity contribution in [3.8, 4) is 0 Å². The third-order valence-corrected chi connectivity index (χ3v) is 3.28. The molecule has 0 atom stereocenters. The molecule has 0 aromatic heterocycles. The minimum absolute atomic E-state index is 0.0183. The van der Waals surface area contributed by atoms with E-state index in [0.717, 1.165) is 50.2 Å². The number of likely N-dealkylation sites (tertiary alicyclic amines) is 1. The highest BCUT2D eigenvalue weighted by atomic mass is 16.7. The van der Waals surface area contributed by atoms with E-state index >= 15 is 0 Å². The Hall–Kier alpha value is -0.160. The molecule has 82 valence electrons. The Morgan fingerprint density at radius 3 is 2.36 bits per heavy atom. The molecule has 0 saturated carbocycles. The number of aliphatic hydroxyl groups is 1. The second kappa shape index (κ2) is 4.14. The Balaban J connectivity index is 1.82. The summed E-state index contributed by atoms with van der Waals surface area (Å²) in [7, 11) is 2.22. The van der Waals surface area contributed by atoms with Crippen LogP contribution in [0.5, 0.6) is 0 Å². The molecule has 2 saturated heterocycles. The summed E-state index contributed by atoms with van der Waals surface area (Å²) >= 11 is 0. The van der Waals surface area contributed by atoms with Gasteiger partial charge in [-0.25, -0.2) is 0 Å². The molecule has 2 heterocycles. The van der Waals surface area contributed by atoms with Gasteiger partial charge in [-0.3, -0.25) is 0 Å². The molecule has 0 unspecified atom stereocenters. The summed E-state index contributed by atoms with van der Waals surface area (Å²) in [5.74, 6) is 0. The van der Waals surface area contributed by atoms with E-state index in [1.807, 2.05) is 0 Å². The number of aliphatic hydroxyl groups excluding tert-OH is 1. The predicted octanol–water partition coefficient (Wildman–Crippen LogP) is -0.0394. The van der Waals surface area contributed by atoms with E-state index in [2.05, 4.69) is 7.05 Å². The van der Waals surface area contributed by atoms with Gasteiger partial charge >= 0.3 is 0 Å². The number of piperidine rings is 1. The minimum Gasteiger partial charge on any atom is -0.393 e. The van der Waals surface area contributed by atoms with Crippen LogP contribution in [0.25, 0.3) is 0 Å². The van der Waals surface area contributed by atoms with Crippen LogP contribution in [0.4, 0.5) is 0 Å². The van der Waals surface area contributed by atoms with Crippen LogP contribution in [-0.2, 0) is 9.47 Å². The van der Waals surface area contributed by atoms with Crippen molar-refractivity contribution < 1.29 is 19.1 Å².